The molecule has 0 saturated carbocycles. The van der Waals surface area contributed by atoms with E-state index >= 15 is 0 Å². The lowest BCUT2D eigenvalue weighted by molar-refractivity contribution is -0.131. The van der Waals surface area contributed by atoms with Gasteiger partial charge in [-0.05, 0) is 30.5 Å². The first-order valence-corrected chi connectivity index (χ1v) is 12.5. The van der Waals surface area contributed by atoms with Crippen molar-refractivity contribution >= 4 is 29.3 Å². The van der Waals surface area contributed by atoms with Gasteiger partial charge in [-0.25, -0.2) is 4.68 Å². The molecule has 0 radical (unpaired) electrons. The van der Waals surface area contributed by atoms with Crippen LogP contribution in [0, 0.1) is 0 Å². The standard InChI is InChI=1S/C24H26ClN5O2S/c1-32-19-12-11-17(15-18(19)25)20-21(23(31)29-13-7-2-3-8-14-29)33-24-27-26-22(30(24)28-20)16-9-5-4-6-10-16/h4-6,9-12,15,20-21,28H,2-3,7-8,13-14H2,1H3/t20-,21-/m0/s1. The molecule has 7 nitrogen and oxygen atoms in total. The number of nitrogens with one attached hydrogen (secondary N) is 1. The number of halogens is 1. The van der Waals surface area contributed by atoms with Crippen LogP contribution in [0.3, 0.4) is 0 Å². The second kappa shape index (κ2) is 9.65. The fraction of sp³-hybridized carbons (Fsp3) is 0.375. The molecule has 2 aromatic carbocycles. The molecule has 2 aliphatic rings. The lowest BCUT2D eigenvalue weighted by Crippen LogP contribution is -2.46. The summed E-state index contributed by atoms with van der Waals surface area (Å²) in [7, 11) is 1.59. The topological polar surface area (TPSA) is 72.3 Å². The van der Waals surface area contributed by atoms with Crippen molar-refractivity contribution in [2.75, 3.05) is 25.6 Å². The van der Waals surface area contributed by atoms with Gasteiger partial charge in [-0.1, -0.05) is 72.6 Å². The molecule has 1 amide bonds. The maximum Gasteiger partial charge on any atom is 0.238 e. The predicted octanol–water partition coefficient (Wildman–Crippen LogP) is 4.77. The number of carbonyl (C=O) groups is 1. The summed E-state index contributed by atoms with van der Waals surface area (Å²) in [6, 6.07) is 15.3. The molecule has 2 aliphatic heterocycles. The third-order valence-corrected chi connectivity index (χ3v) is 7.66. The Morgan fingerprint density at radius 1 is 1.09 bits per heavy atom. The first kappa shape index (κ1) is 22.1. The van der Waals surface area contributed by atoms with E-state index in [2.05, 4.69) is 15.6 Å². The number of nitrogens with zero attached hydrogens (tertiary/aromatic N) is 4. The zero-order chi connectivity index (χ0) is 22.8. The molecule has 0 aliphatic carbocycles. The van der Waals surface area contributed by atoms with Gasteiger partial charge in [0.05, 0.1) is 18.2 Å². The number of likely N-dealkylation sites (tertiary alicyclic amines) is 1. The Morgan fingerprint density at radius 2 is 1.85 bits per heavy atom. The molecule has 172 valence electrons. The van der Waals surface area contributed by atoms with E-state index < -0.39 is 0 Å². The first-order chi connectivity index (χ1) is 16.2. The minimum absolute atomic E-state index is 0.127. The van der Waals surface area contributed by atoms with Crippen LogP contribution in [-0.4, -0.2) is 51.1 Å². The average Bonchev–Trinajstić information content (AvgIpc) is 3.07. The average molecular weight is 484 g/mol. The summed E-state index contributed by atoms with van der Waals surface area (Å²) in [6.07, 6.45) is 4.44. The molecular weight excluding hydrogens is 458 g/mol. The number of ether oxygens (including phenoxy) is 1. The van der Waals surface area contributed by atoms with Crippen LogP contribution >= 0.6 is 23.4 Å². The van der Waals surface area contributed by atoms with Gasteiger partial charge in [0.1, 0.15) is 11.0 Å². The summed E-state index contributed by atoms with van der Waals surface area (Å²) in [5, 5.41) is 9.63. The lowest BCUT2D eigenvalue weighted by atomic mass is 10.0. The zero-order valence-electron chi connectivity index (χ0n) is 18.4. The molecule has 1 fully saturated rings. The quantitative estimate of drug-likeness (QED) is 0.576. The van der Waals surface area contributed by atoms with Gasteiger partial charge < -0.3 is 15.1 Å². The van der Waals surface area contributed by atoms with Crippen molar-refractivity contribution in [3.05, 3.63) is 59.1 Å². The number of hydrogen-bond donors (Lipinski definition) is 1. The van der Waals surface area contributed by atoms with E-state index in [4.69, 9.17) is 16.3 Å². The molecule has 1 N–H and O–H groups in total. The highest BCUT2D eigenvalue weighted by atomic mass is 35.5. The Hall–Kier alpha value is -2.71. The van der Waals surface area contributed by atoms with Gasteiger partial charge >= 0.3 is 0 Å². The number of benzene rings is 2. The highest BCUT2D eigenvalue weighted by Crippen LogP contribution is 2.41. The highest BCUT2D eigenvalue weighted by Gasteiger charge is 2.40. The molecule has 0 bridgehead atoms. The van der Waals surface area contributed by atoms with Crippen molar-refractivity contribution in [3.8, 4) is 17.1 Å². The van der Waals surface area contributed by atoms with Crippen molar-refractivity contribution in [2.24, 2.45) is 0 Å². The van der Waals surface area contributed by atoms with Gasteiger partial charge in [-0.2, -0.15) is 0 Å². The largest absolute Gasteiger partial charge is 0.495 e. The van der Waals surface area contributed by atoms with E-state index in [0.29, 0.717) is 21.8 Å². The van der Waals surface area contributed by atoms with Crippen molar-refractivity contribution in [1.82, 2.24) is 19.8 Å². The normalized spacial score (nSPS) is 20.5. The first-order valence-electron chi connectivity index (χ1n) is 11.2. The molecule has 1 saturated heterocycles. The Morgan fingerprint density at radius 3 is 2.55 bits per heavy atom. The van der Waals surface area contributed by atoms with Crippen molar-refractivity contribution in [3.63, 3.8) is 0 Å². The second-order valence-electron chi connectivity index (χ2n) is 8.29. The van der Waals surface area contributed by atoms with Crippen molar-refractivity contribution in [1.29, 1.82) is 0 Å². The predicted molar refractivity (Wildman–Crippen MR) is 130 cm³/mol. The van der Waals surface area contributed by atoms with Gasteiger partial charge in [0, 0.05) is 18.7 Å². The van der Waals surface area contributed by atoms with Crippen LogP contribution in [0.2, 0.25) is 5.02 Å². The van der Waals surface area contributed by atoms with Gasteiger partial charge in [0.25, 0.3) is 0 Å². The van der Waals surface area contributed by atoms with E-state index in [0.717, 1.165) is 37.1 Å². The second-order valence-corrected chi connectivity index (χ2v) is 9.80. The van der Waals surface area contributed by atoms with E-state index in [1.807, 2.05) is 58.1 Å². The maximum absolute atomic E-state index is 13.7. The maximum atomic E-state index is 13.7. The Labute approximate surface area is 202 Å². The van der Waals surface area contributed by atoms with Gasteiger partial charge in [-0.15, -0.1) is 10.2 Å². The smallest absolute Gasteiger partial charge is 0.238 e. The fourth-order valence-corrected chi connectivity index (χ4v) is 5.84. The number of methoxy groups -OCH3 is 1. The number of thioether (sulfide) groups is 1. The van der Waals surface area contributed by atoms with Crippen LogP contribution in [0.25, 0.3) is 11.4 Å². The summed E-state index contributed by atoms with van der Waals surface area (Å²) >= 11 is 7.93. The third kappa shape index (κ3) is 4.42. The van der Waals surface area contributed by atoms with Crippen LogP contribution in [0.4, 0.5) is 0 Å². The number of amides is 1. The van der Waals surface area contributed by atoms with E-state index in [9.17, 15) is 4.79 Å². The van der Waals surface area contributed by atoms with Gasteiger partial charge in [0.15, 0.2) is 5.82 Å². The number of hydrogen-bond acceptors (Lipinski definition) is 6. The molecule has 9 heteroatoms. The van der Waals surface area contributed by atoms with Gasteiger partial charge in [-0.3, -0.25) is 4.79 Å². The monoisotopic (exact) mass is 483 g/mol. The molecule has 2 atom stereocenters. The molecule has 33 heavy (non-hydrogen) atoms. The van der Waals surface area contributed by atoms with E-state index in [1.165, 1.54) is 24.6 Å². The fourth-order valence-electron chi connectivity index (χ4n) is 4.41. The molecule has 3 aromatic rings. The molecule has 0 spiro atoms. The molecular formula is C24H26ClN5O2S. The number of aromatic nitrogens is 3. The van der Waals surface area contributed by atoms with Gasteiger partial charge in [0.2, 0.25) is 11.1 Å². The Kier molecular flexibility index (Phi) is 6.46. The Balaban J connectivity index is 1.53. The molecule has 0 unspecified atom stereocenters. The summed E-state index contributed by atoms with van der Waals surface area (Å²) in [6.45, 7) is 1.60. The SMILES string of the molecule is COc1ccc([C@@H]2Nn3c(nnc3-c3ccccc3)S[C@@H]2C(=O)N2CCCCCC2)cc1Cl. The summed E-state index contributed by atoms with van der Waals surface area (Å²) in [4.78, 5) is 15.7. The van der Waals surface area contributed by atoms with Crippen LogP contribution < -0.4 is 10.2 Å². The third-order valence-electron chi connectivity index (χ3n) is 6.16. The summed E-state index contributed by atoms with van der Waals surface area (Å²) < 4.78 is 7.22. The number of carbonyl (C=O) groups excluding carboxylic acids is 1. The molecule has 3 heterocycles. The van der Waals surface area contributed by atoms with Crippen LogP contribution in [0.5, 0.6) is 5.75 Å². The minimum atomic E-state index is -0.382. The van der Waals surface area contributed by atoms with Crippen LogP contribution in [0.1, 0.15) is 37.3 Å². The summed E-state index contributed by atoms with van der Waals surface area (Å²) in [5.74, 6) is 1.44. The summed E-state index contributed by atoms with van der Waals surface area (Å²) in [5.41, 5.74) is 5.40. The van der Waals surface area contributed by atoms with Crippen LogP contribution in [-0.2, 0) is 4.79 Å². The number of rotatable bonds is 4. The Bertz CT molecular complexity index is 1130. The van der Waals surface area contributed by atoms with E-state index in [-0.39, 0.29) is 17.2 Å². The zero-order valence-corrected chi connectivity index (χ0v) is 20.0. The van der Waals surface area contributed by atoms with Crippen molar-refractivity contribution < 1.29 is 9.53 Å². The molecule has 1 aromatic heterocycles. The van der Waals surface area contributed by atoms with Crippen LogP contribution in [0.15, 0.2) is 53.7 Å². The van der Waals surface area contributed by atoms with E-state index in [1.54, 1.807) is 7.11 Å². The van der Waals surface area contributed by atoms with Crippen molar-refractivity contribution in [2.45, 2.75) is 42.1 Å². The minimum Gasteiger partial charge on any atom is -0.495 e. The number of fused-ring (bicyclic) bond motifs is 1. The molecule has 5 rings (SSSR count). The lowest BCUT2D eigenvalue weighted by Gasteiger charge is -2.35. The highest BCUT2D eigenvalue weighted by molar-refractivity contribution is 8.00.